The van der Waals surface area contributed by atoms with Gasteiger partial charge in [0.05, 0.1) is 12.0 Å². The zero-order chi connectivity index (χ0) is 11.0. The van der Waals surface area contributed by atoms with Crippen molar-refractivity contribution in [3.8, 4) is 0 Å². The second-order valence-corrected chi connectivity index (χ2v) is 4.36. The van der Waals surface area contributed by atoms with E-state index < -0.39 is 0 Å². The number of anilines is 1. The largest absolute Gasteiger partial charge is 0.462 e. The van der Waals surface area contributed by atoms with Gasteiger partial charge in [-0.05, 0) is 30.7 Å². The molecule has 3 nitrogen and oxygen atoms in total. The van der Waals surface area contributed by atoms with Crippen LogP contribution in [-0.4, -0.2) is 26.2 Å². The molecule has 0 bridgehead atoms. The van der Waals surface area contributed by atoms with Crippen molar-refractivity contribution < 1.29 is 4.42 Å². The number of rotatable bonds is 1. The van der Waals surface area contributed by atoms with Gasteiger partial charge in [-0.3, -0.25) is 0 Å². The van der Waals surface area contributed by atoms with Crippen LogP contribution in [0.15, 0.2) is 28.9 Å². The van der Waals surface area contributed by atoms with E-state index in [1.165, 1.54) is 16.6 Å². The summed E-state index contributed by atoms with van der Waals surface area (Å²) in [4.78, 5) is 2.40. The molecule has 0 aliphatic carbocycles. The van der Waals surface area contributed by atoms with Gasteiger partial charge < -0.3 is 14.6 Å². The third-order valence-corrected chi connectivity index (χ3v) is 3.13. The number of furan rings is 1. The van der Waals surface area contributed by atoms with Crippen molar-refractivity contribution in [2.75, 3.05) is 31.1 Å². The van der Waals surface area contributed by atoms with E-state index in [1.54, 1.807) is 6.26 Å². The maximum atomic E-state index is 5.60. The Hall–Kier alpha value is -1.48. The van der Waals surface area contributed by atoms with Crippen LogP contribution in [0, 0.1) is 6.92 Å². The maximum absolute atomic E-state index is 5.60. The molecular formula is C13H16N2O. The van der Waals surface area contributed by atoms with Gasteiger partial charge in [0.2, 0.25) is 0 Å². The van der Waals surface area contributed by atoms with E-state index in [4.69, 9.17) is 4.42 Å². The highest BCUT2D eigenvalue weighted by Crippen LogP contribution is 2.29. The molecule has 1 N–H and O–H groups in total. The average molecular weight is 216 g/mol. The molecule has 2 heterocycles. The first-order valence-corrected chi connectivity index (χ1v) is 5.78. The normalized spacial score (nSPS) is 16.9. The number of aryl methyl sites for hydroxylation is 1. The highest BCUT2D eigenvalue weighted by molar-refractivity contribution is 5.90. The van der Waals surface area contributed by atoms with Crippen LogP contribution in [-0.2, 0) is 0 Å². The first-order valence-electron chi connectivity index (χ1n) is 5.78. The molecule has 3 rings (SSSR count). The van der Waals surface area contributed by atoms with Crippen LogP contribution in [0.25, 0.3) is 11.0 Å². The van der Waals surface area contributed by atoms with E-state index in [9.17, 15) is 0 Å². The Morgan fingerprint density at radius 2 is 2.06 bits per heavy atom. The maximum Gasteiger partial charge on any atom is 0.157 e. The molecule has 16 heavy (non-hydrogen) atoms. The molecule has 0 saturated carbocycles. The van der Waals surface area contributed by atoms with E-state index in [1.807, 2.05) is 6.07 Å². The van der Waals surface area contributed by atoms with Crippen molar-refractivity contribution in [3.05, 3.63) is 30.0 Å². The lowest BCUT2D eigenvalue weighted by Gasteiger charge is -2.29. The summed E-state index contributed by atoms with van der Waals surface area (Å²) < 4.78 is 5.60. The number of nitrogens with one attached hydrogen (secondary N) is 1. The van der Waals surface area contributed by atoms with Crippen molar-refractivity contribution in [1.82, 2.24) is 5.32 Å². The third-order valence-electron chi connectivity index (χ3n) is 3.13. The highest BCUT2D eigenvalue weighted by atomic mass is 16.3. The van der Waals surface area contributed by atoms with Crippen LogP contribution < -0.4 is 10.2 Å². The smallest absolute Gasteiger partial charge is 0.157 e. The van der Waals surface area contributed by atoms with Gasteiger partial charge >= 0.3 is 0 Å². The topological polar surface area (TPSA) is 28.4 Å². The first kappa shape index (κ1) is 9.73. The first-order chi connectivity index (χ1) is 7.84. The van der Waals surface area contributed by atoms with Crippen molar-refractivity contribution in [1.29, 1.82) is 0 Å². The summed E-state index contributed by atoms with van der Waals surface area (Å²) in [5.74, 6) is 0. The Morgan fingerprint density at radius 3 is 2.88 bits per heavy atom. The predicted octanol–water partition coefficient (Wildman–Crippen LogP) is 2.15. The predicted molar refractivity (Wildman–Crippen MR) is 66.0 cm³/mol. The van der Waals surface area contributed by atoms with E-state index in [2.05, 4.69) is 29.3 Å². The Morgan fingerprint density at radius 1 is 1.25 bits per heavy atom. The minimum absolute atomic E-state index is 1.02. The molecule has 84 valence electrons. The lowest BCUT2D eigenvalue weighted by molar-refractivity contribution is 0.579. The number of nitrogens with zero attached hydrogens (tertiary/aromatic N) is 1. The lowest BCUT2D eigenvalue weighted by atomic mass is 10.1. The van der Waals surface area contributed by atoms with Crippen LogP contribution in [0.2, 0.25) is 0 Å². The van der Waals surface area contributed by atoms with Gasteiger partial charge in [-0.1, -0.05) is 0 Å². The molecule has 1 aromatic carbocycles. The molecule has 1 saturated heterocycles. The van der Waals surface area contributed by atoms with Crippen LogP contribution in [0.5, 0.6) is 0 Å². The summed E-state index contributed by atoms with van der Waals surface area (Å²) in [5.41, 5.74) is 3.55. The Balaban J connectivity index is 2.09. The van der Waals surface area contributed by atoms with E-state index in [0.717, 1.165) is 31.8 Å². The highest BCUT2D eigenvalue weighted by Gasteiger charge is 2.15. The minimum atomic E-state index is 1.02. The fourth-order valence-corrected chi connectivity index (χ4v) is 2.35. The summed E-state index contributed by atoms with van der Waals surface area (Å²) in [6.45, 7) is 6.35. The molecule has 0 radical (unpaired) electrons. The number of hydrogen-bond acceptors (Lipinski definition) is 3. The second kappa shape index (κ2) is 3.83. The van der Waals surface area contributed by atoms with Crippen LogP contribution >= 0.6 is 0 Å². The molecule has 3 heteroatoms. The molecular weight excluding hydrogens is 200 g/mol. The number of benzene rings is 1. The zero-order valence-corrected chi connectivity index (χ0v) is 9.49. The Labute approximate surface area is 95.0 Å². The quantitative estimate of drug-likeness (QED) is 0.791. The monoisotopic (exact) mass is 216 g/mol. The van der Waals surface area contributed by atoms with Crippen molar-refractivity contribution in [2.45, 2.75) is 6.92 Å². The molecule has 1 aromatic heterocycles. The number of fused-ring (bicyclic) bond motifs is 1. The minimum Gasteiger partial charge on any atom is -0.462 e. The fourth-order valence-electron chi connectivity index (χ4n) is 2.35. The van der Waals surface area contributed by atoms with Gasteiger partial charge in [0.1, 0.15) is 0 Å². The van der Waals surface area contributed by atoms with Crippen LogP contribution in [0.1, 0.15) is 5.56 Å². The van der Waals surface area contributed by atoms with Gasteiger partial charge in [0, 0.05) is 31.6 Å². The van der Waals surface area contributed by atoms with Gasteiger partial charge in [-0.15, -0.1) is 0 Å². The van der Waals surface area contributed by atoms with Crippen LogP contribution in [0.3, 0.4) is 0 Å². The second-order valence-electron chi connectivity index (χ2n) is 4.36. The SMILES string of the molecule is Cc1cc(N2CCNCC2)c2occc2c1. The van der Waals surface area contributed by atoms with E-state index in [-0.39, 0.29) is 0 Å². The van der Waals surface area contributed by atoms with Gasteiger partial charge in [-0.2, -0.15) is 0 Å². The molecule has 0 atom stereocenters. The van der Waals surface area contributed by atoms with Crippen molar-refractivity contribution >= 4 is 16.7 Å². The van der Waals surface area contributed by atoms with E-state index in [0.29, 0.717) is 0 Å². The fraction of sp³-hybridized carbons (Fsp3) is 0.385. The van der Waals surface area contributed by atoms with Crippen LogP contribution in [0.4, 0.5) is 5.69 Å². The lowest BCUT2D eigenvalue weighted by Crippen LogP contribution is -2.43. The summed E-state index contributed by atoms with van der Waals surface area (Å²) in [7, 11) is 0. The Kier molecular flexibility index (Phi) is 2.33. The molecule has 2 aromatic rings. The molecule has 0 amide bonds. The van der Waals surface area contributed by atoms with Gasteiger partial charge in [0.15, 0.2) is 5.58 Å². The summed E-state index contributed by atoms with van der Waals surface area (Å²) in [6.07, 6.45) is 1.77. The summed E-state index contributed by atoms with van der Waals surface area (Å²) in [5, 5.41) is 4.57. The van der Waals surface area contributed by atoms with E-state index >= 15 is 0 Å². The molecule has 0 unspecified atom stereocenters. The molecule has 1 aliphatic heterocycles. The van der Waals surface area contributed by atoms with Gasteiger partial charge in [-0.25, -0.2) is 0 Å². The molecule has 1 aliphatic rings. The van der Waals surface area contributed by atoms with Crippen molar-refractivity contribution in [3.63, 3.8) is 0 Å². The number of piperazine rings is 1. The molecule has 1 fully saturated rings. The van der Waals surface area contributed by atoms with Gasteiger partial charge in [0.25, 0.3) is 0 Å². The standard InChI is InChI=1S/C13H16N2O/c1-10-8-11-2-7-16-13(11)12(9-10)15-5-3-14-4-6-15/h2,7-9,14H,3-6H2,1H3. The zero-order valence-electron chi connectivity index (χ0n) is 9.49. The average Bonchev–Trinajstić information content (AvgIpc) is 2.77. The van der Waals surface area contributed by atoms with Crippen molar-refractivity contribution in [2.24, 2.45) is 0 Å². The summed E-state index contributed by atoms with van der Waals surface area (Å²) >= 11 is 0. The Bertz CT molecular complexity index is 498. The number of hydrogen-bond donors (Lipinski definition) is 1. The summed E-state index contributed by atoms with van der Waals surface area (Å²) in [6, 6.07) is 6.43. The molecule has 0 spiro atoms. The third kappa shape index (κ3) is 1.57.